The van der Waals surface area contributed by atoms with Gasteiger partial charge in [-0.3, -0.25) is 4.79 Å². The highest BCUT2D eigenvalue weighted by atomic mass is 79.9. The van der Waals surface area contributed by atoms with E-state index in [0.717, 1.165) is 21.2 Å². The molecule has 2 aromatic rings. The molecule has 0 saturated carbocycles. The number of carbonyl (C=O) groups excluding carboxylic acids is 1. The van der Waals surface area contributed by atoms with Crippen LogP contribution in [0.15, 0.2) is 40.9 Å². The van der Waals surface area contributed by atoms with Crippen LogP contribution in [0.25, 0.3) is 0 Å². The Labute approximate surface area is 136 Å². The second kappa shape index (κ2) is 5.70. The highest BCUT2D eigenvalue weighted by Crippen LogP contribution is 2.37. The van der Waals surface area contributed by atoms with Gasteiger partial charge >= 0.3 is 0 Å². The molecule has 0 aromatic heterocycles. The van der Waals surface area contributed by atoms with Crippen molar-refractivity contribution in [3.05, 3.63) is 57.6 Å². The molecular weight excluding hydrogens is 354 g/mol. The number of hydrogen-bond acceptors (Lipinski definition) is 2. The summed E-state index contributed by atoms with van der Waals surface area (Å²) in [5.74, 6) is 0.526. The molecule has 0 bridgehead atoms. The number of alkyl halides is 1. The quantitative estimate of drug-likeness (QED) is 0.799. The molecule has 0 saturated heterocycles. The summed E-state index contributed by atoms with van der Waals surface area (Å²) in [6.07, 6.45) is 0. The Morgan fingerprint density at radius 3 is 2.90 bits per heavy atom. The summed E-state index contributed by atoms with van der Waals surface area (Å²) in [6.45, 7) is 2.09. The first-order valence-electron chi connectivity index (χ1n) is 6.51. The lowest BCUT2D eigenvalue weighted by Crippen LogP contribution is -2.25. The molecule has 108 valence electrons. The predicted molar refractivity (Wildman–Crippen MR) is 87.1 cm³/mol. The lowest BCUT2D eigenvalue weighted by Gasteiger charge is -2.20. The third kappa shape index (κ3) is 2.92. The van der Waals surface area contributed by atoms with E-state index in [4.69, 9.17) is 16.3 Å². The fourth-order valence-electron chi connectivity index (χ4n) is 2.32. The predicted octanol–water partition coefficient (Wildman–Crippen LogP) is 4.42. The highest BCUT2D eigenvalue weighted by molar-refractivity contribution is 9.10. The number of amides is 1. The fraction of sp³-hybridized carbons (Fsp3) is 0.188. The molecule has 0 fully saturated rings. The molecule has 1 unspecified atom stereocenters. The Balaban J connectivity index is 1.98. The largest absolute Gasteiger partial charge is 0.482 e. The molecule has 0 radical (unpaired) electrons. The van der Waals surface area contributed by atoms with Crippen molar-refractivity contribution in [3.8, 4) is 5.75 Å². The normalized spacial score (nSPS) is 14.9. The molecule has 3 nitrogen and oxygen atoms in total. The van der Waals surface area contributed by atoms with Gasteiger partial charge in [0.1, 0.15) is 5.75 Å². The van der Waals surface area contributed by atoms with Crippen LogP contribution in [-0.4, -0.2) is 12.5 Å². The molecule has 0 aliphatic carbocycles. The van der Waals surface area contributed by atoms with Crippen molar-refractivity contribution in [3.63, 3.8) is 0 Å². The van der Waals surface area contributed by atoms with E-state index >= 15 is 0 Å². The van der Waals surface area contributed by atoms with Crippen LogP contribution >= 0.6 is 27.5 Å². The number of fused-ring (bicyclic) bond motifs is 1. The van der Waals surface area contributed by atoms with Gasteiger partial charge in [-0.1, -0.05) is 28.1 Å². The third-order valence-electron chi connectivity index (χ3n) is 3.44. The van der Waals surface area contributed by atoms with Crippen molar-refractivity contribution in [2.45, 2.75) is 12.3 Å². The molecule has 1 aliphatic heterocycles. The maximum atomic E-state index is 11.4. The molecule has 3 rings (SSSR count). The van der Waals surface area contributed by atoms with Gasteiger partial charge in [0.15, 0.2) is 6.61 Å². The second-order valence-electron chi connectivity index (χ2n) is 4.96. The smallest absolute Gasteiger partial charge is 0.262 e. The second-order valence-corrected chi connectivity index (χ2v) is 6.31. The average molecular weight is 367 g/mol. The topological polar surface area (TPSA) is 38.3 Å². The van der Waals surface area contributed by atoms with Crippen LogP contribution in [0, 0.1) is 6.92 Å². The number of benzene rings is 2. The summed E-state index contributed by atoms with van der Waals surface area (Å²) < 4.78 is 6.35. The van der Waals surface area contributed by atoms with E-state index in [1.807, 2.05) is 43.3 Å². The SMILES string of the molecule is Cc1ccc(Br)cc1C(Cl)c1ccc2c(c1)NC(=O)CO2. The average Bonchev–Trinajstić information content (AvgIpc) is 2.48. The van der Waals surface area contributed by atoms with Crippen LogP contribution < -0.4 is 10.1 Å². The van der Waals surface area contributed by atoms with Gasteiger partial charge in [-0.05, 0) is 47.9 Å². The van der Waals surface area contributed by atoms with Crippen LogP contribution in [0.2, 0.25) is 0 Å². The van der Waals surface area contributed by atoms with Crippen LogP contribution in [-0.2, 0) is 4.79 Å². The molecular formula is C16H13BrClNO2. The van der Waals surface area contributed by atoms with E-state index in [9.17, 15) is 4.79 Å². The molecule has 1 atom stereocenters. The Kier molecular flexibility index (Phi) is 3.91. The monoisotopic (exact) mass is 365 g/mol. The van der Waals surface area contributed by atoms with Gasteiger partial charge < -0.3 is 10.1 Å². The van der Waals surface area contributed by atoms with Crippen molar-refractivity contribution < 1.29 is 9.53 Å². The van der Waals surface area contributed by atoms with Gasteiger partial charge in [0, 0.05) is 4.47 Å². The molecule has 0 spiro atoms. The zero-order valence-electron chi connectivity index (χ0n) is 11.3. The third-order valence-corrected chi connectivity index (χ3v) is 4.42. The van der Waals surface area contributed by atoms with E-state index in [0.29, 0.717) is 11.4 Å². The van der Waals surface area contributed by atoms with Gasteiger partial charge in [-0.2, -0.15) is 0 Å². The van der Waals surface area contributed by atoms with Gasteiger partial charge in [-0.25, -0.2) is 0 Å². The number of aryl methyl sites for hydroxylation is 1. The first-order chi connectivity index (χ1) is 10.0. The molecule has 2 aromatic carbocycles. The number of hydrogen-bond donors (Lipinski definition) is 1. The summed E-state index contributed by atoms with van der Waals surface area (Å²) in [7, 11) is 0. The van der Waals surface area contributed by atoms with Crippen LogP contribution in [0.4, 0.5) is 5.69 Å². The molecule has 1 heterocycles. The van der Waals surface area contributed by atoms with Crippen LogP contribution in [0.5, 0.6) is 5.75 Å². The number of rotatable bonds is 2. The zero-order valence-corrected chi connectivity index (χ0v) is 13.7. The molecule has 1 N–H and O–H groups in total. The lowest BCUT2D eigenvalue weighted by atomic mass is 9.99. The van der Waals surface area contributed by atoms with Gasteiger partial charge in [0.25, 0.3) is 5.91 Å². The molecule has 21 heavy (non-hydrogen) atoms. The molecule has 5 heteroatoms. The maximum Gasteiger partial charge on any atom is 0.262 e. The van der Waals surface area contributed by atoms with Gasteiger partial charge in [0.05, 0.1) is 11.1 Å². The van der Waals surface area contributed by atoms with Crippen molar-refractivity contribution in [1.29, 1.82) is 0 Å². The summed E-state index contributed by atoms with van der Waals surface area (Å²) >= 11 is 10.1. The van der Waals surface area contributed by atoms with Crippen molar-refractivity contribution in [2.75, 3.05) is 11.9 Å². The Morgan fingerprint density at radius 1 is 1.29 bits per heavy atom. The van der Waals surface area contributed by atoms with E-state index in [2.05, 4.69) is 21.2 Å². The van der Waals surface area contributed by atoms with E-state index in [1.165, 1.54) is 0 Å². The maximum absolute atomic E-state index is 11.4. The summed E-state index contributed by atoms with van der Waals surface area (Å²) in [4.78, 5) is 11.4. The Morgan fingerprint density at radius 2 is 2.10 bits per heavy atom. The van der Waals surface area contributed by atoms with E-state index in [-0.39, 0.29) is 17.9 Å². The van der Waals surface area contributed by atoms with E-state index in [1.54, 1.807) is 0 Å². The summed E-state index contributed by atoms with van der Waals surface area (Å²) in [5, 5.41) is 2.52. The minimum atomic E-state index is -0.286. The minimum Gasteiger partial charge on any atom is -0.482 e. The van der Waals surface area contributed by atoms with Crippen molar-refractivity contribution in [1.82, 2.24) is 0 Å². The number of ether oxygens (including phenoxy) is 1. The Bertz CT molecular complexity index is 717. The van der Waals surface area contributed by atoms with Gasteiger partial charge in [0.2, 0.25) is 0 Å². The van der Waals surface area contributed by atoms with Crippen LogP contribution in [0.1, 0.15) is 22.1 Å². The van der Waals surface area contributed by atoms with Crippen LogP contribution in [0.3, 0.4) is 0 Å². The first-order valence-corrected chi connectivity index (χ1v) is 7.74. The number of carbonyl (C=O) groups is 1. The number of anilines is 1. The summed E-state index contributed by atoms with van der Waals surface area (Å²) in [5.41, 5.74) is 3.75. The standard InChI is InChI=1S/C16H13BrClNO2/c1-9-2-4-11(17)7-12(9)16(18)10-3-5-14-13(6-10)19-15(20)8-21-14/h2-7,16H,8H2,1H3,(H,19,20). The molecule has 1 amide bonds. The number of halogens is 2. The fourth-order valence-corrected chi connectivity index (χ4v) is 3.07. The minimum absolute atomic E-state index is 0.0569. The first kappa shape index (κ1) is 14.4. The molecule has 1 aliphatic rings. The lowest BCUT2D eigenvalue weighted by molar-refractivity contribution is -0.118. The highest BCUT2D eigenvalue weighted by Gasteiger charge is 2.19. The van der Waals surface area contributed by atoms with Gasteiger partial charge in [-0.15, -0.1) is 11.6 Å². The number of nitrogens with one attached hydrogen (secondary N) is 1. The summed E-state index contributed by atoms with van der Waals surface area (Å²) in [6, 6.07) is 11.7. The Hall–Kier alpha value is -1.52. The van der Waals surface area contributed by atoms with Crippen molar-refractivity contribution >= 4 is 39.1 Å². The zero-order chi connectivity index (χ0) is 15.0. The van der Waals surface area contributed by atoms with E-state index < -0.39 is 0 Å². The van der Waals surface area contributed by atoms with Crippen molar-refractivity contribution in [2.24, 2.45) is 0 Å².